The van der Waals surface area contributed by atoms with Crippen molar-refractivity contribution in [3.05, 3.63) is 0 Å². The predicted molar refractivity (Wildman–Crippen MR) is 46.4 cm³/mol. The standard InChI is InChI=1S/C8H14OSi/c1-4-7-10(2,3)8-5-6-9/h6H,5,8H2,1-3H3. The second kappa shape index (κ2) is 4.29. The third kappa shape index (κ3) is 4.34. The minimum Gasteiger partial charge on any atom is -0.303 e. The summed E-state index contributed by atoms with van der Waals surface area (Å²) in [6.07, 6.45) is 1.65. The van der Waals surface area contributed by atoms with E-state index in [0.717, 1.165) is 12.3 Å². The van der Waals surface area contributed by atoms with Crippen molar-refractivity contribution in [2.24, 2.45) is 0 Å². The average molecular weight is 154 g/mol. The van der Waals surface area contributed by atoms with E-state index in [2.05, 4.69) is 24.6 Å². The number of aldehydes is 1. The molecule has 2 heteroatoms. The van der Waals surface area contributed by atoms with Crippen molar-refractivity contribution in [3.8, 4) is 11.5 Å². The molecule has 0 spiro atoms. The van der Waals surface area contributed by atoms with Gasteiger partial charge in [0.1, 0.15) is 14.4 Å². The van der Waals surface area contributed by atoms with Crippen molar-refractivity contribution in [3.63, 3.8) is 0 Å². The average Bonchev–Trinajstić information content (AvgIpc) is 1.84. The van der Waals surface area contributed by atoms with E-state index < -0.39 is 8.07 Å². The zero-order valence-corrected chi connectivity index (χ0v) is 7.90. The molecular weight excluding hydrogens is 140 g/mol. The first-order valence-electron chi connectivity index (χ1n) is 3.50. The summed E-state index contributed by atoms with van der Waals surface area (Å²) in [6.45, 7) is 6.23. The zero-order chi connectivity index (χ0) is 8.04. The molecule has 0 fully saturated rings. The van der Waals surface area contributed by atoms with Gasteiger partial charge in [-0.3, -0.25) is 0 Å². The Morgan fingerprint density at radius 2 is 2.10 bits per heavy atom. The van der Waals surface area contributed by atoms with E-state index in [4.69, 9.17) is 0 Å². The third-order valence-corrected chi connectivity index (χ3v) is 3.82. The lowest BCUT2D eigenvalue weighted by molar-refractivity contribution is -0.107. The molecule has 0 unspecified atom stereocenters. The molecule has 0 aromatic heterocycles. The van der Waals surface area contributed by atoms with Crippen LogP contribution in [0.1, 0.15) is 13.3 Å². The van der Waals surface area contributed by atoms with Crippen molar-refractivity contribution in [2.75, 3.05) is 0 Å². The summed E-state index contributed by atoms with van der Waals surface area (Å²) in [6, 6.07) is 0.997. The van der Waals surface area contributed by atoms with Crippen molar-refractivity contribution >= 4 is 14.4 Å². The van der Waals surface area contributed by atoms with Crippen LogP contribution < -0.4 is 0 Å². The van der Waals surface area contributed by atoms with Crippen LogP contribution in [-0.4, -0.2) is 14.4 Å². The minimum atomic E-state index is -1.32. The molecule has 0 N–H and O–H groups in total. The first-order chi connectivity index (χ1) is 4.62. The van der Waals surface area contributed by atoms with Gasteiger partial charge in [0.25, 0.3) is 0 Å². The van der Waals surface area contributed by atoms with E-state index in [0.29, 0.717) is 6.42 Å². The Kier molecular flexibility index (Phi) is 4.05. The van der Waals surface area contributed by atoms with E-state index in [1.807, 2.05) is 6.92 Å². The first kappa shape index (κ1) is 9.45. The third-order valence-electron chi connectivity index (χ3n) is 1.35. The Labute approximate surface area is 63.8 Å². The van der Waals surface area contributed by atoms with Crippen LogP contribution in [0.25, 0.3) is 0 Å². The number of carbonyl (C=O) groups excluding carboxylic acids is 1. The van der Waals surface area contributed by atoms with Crippen LogP contribution in [0.4, 0.5) is 0 Å². The van der Waals surface area contributed by atoms with Crippen LogP contribution in [0.5, 0.6) is 0 Å². The molecule has 0 aliphatic rings. The van der Waals surface area contributed by atoms with Gasteiger partial charge in [0.2, 0.25) is 0 Å². The molecule has 0 bridgehead atoms. The molecule has 0 radical (unpaired) electrons. The van der Waals surface area contributed by atoms with Crippen LogP contribution in [-0.2, 0) is 4.79 Å². The van der Waals surface area contributed by atoms with Gasteiger partial charge < -0.3 is 4.79 Å². The summed E-state index contributed by atoms with van der Waals surface area (Å²) in [7, 11) is -1.32. The van der Waals surface area contributed by atoms with Crippen molar-refractivity contribution in [1.29, 1.82) is 0 Å². The summed E-state index contributed by atoms with van der Waals surface area (Å²) in [5.41, 5.74) is 3.19. The highest BCUT2D eigenvalue weighted by Gasteiger charge is 2.16. The number of hydrogen-bond donors (Lipinski definition) is 0. The maximum Gasteiger partial charge on any atom is 0.132 e. The van der Waals surface area contributed by atoms with Crippen LogP contribution in [0.3, 0.4) is 0 Å². The molecular formula is C8H14OSi. The lowest BCUT2D eigenvalue weighted by atomic mass is 10.6. The Hall–Kier alpha value is -0.553. The van der Waals surface area contributed by atoms with Crippen molar-refractivity contribution in [2.45, 2.75) is 32.5 Å². The van der Waals surface area contributed by atoms with Gasteiger partial charge in [-0.1, -0.05) is 13.1 Å². The number of hydrogen-bond acceptors (Lipinski definition) is 1. The normalized spacial score (nSPS) is 9.90. The van der Waals surface area contributed by atoms with Gasteiger partial charge in [-0.25, -0.2) is 0 Å². The second-order valence-electron chi connectivity index (χ2n) is 2.96. The molecule has 0 amide bonds. The second-order valence-corrected chi connectivity index (χ2v) is 7.48. The van der Waals surface area contributed by atoms with Crippen LogP contribution in [0.2, 0.25) is 19.1 Å². The number of carbonyl (C=O) groups is 1. The molecule has 0 rings (SSSR count). The molecule has 0 atom stereocenters. The minimum absolute atomic E-state index is 0.675. The molecule has 0 aliphatic heterocycles. The highest BCUT2D eigenvalue weighted by Crippen LogP contribution is 2.08. The lowest BCUT2D eigenvalue weighted by Crippen LogP contribution is -2.22. The monoisotopic (exact) mass is 154 g/mol. The van der Waals surface area contributed by atoms with Gasteiger partial charge in [-0.05, 0) is 13.0 Å². The quantitative estimate of drug-likeness (QED) is 0.344. The Bertz CT molecular complexity index is 162. The van der Waals surface area contributed by atoms with Crippen LogP contribution in [0, 0.1) is 11.5 Å². The summed E-state index contributed by atoms with van der Waals surface area (Å²) in [5, 5.41) is 0. The van der Waals surface area contributed by atoms with E-state index in [-0.39, 0.29) is 0 Å². The summed E-state index contributed by atoms with van der Waals surface area (Å²) in [5.74, 6) is 2.91. The Balaban J connectivity index is 3.82. The molecule has 0 aromatic rings. The Morgan fingerprint density at radius 1 is 1.50 bits per heavy atom. The van der Waals surface area contributed by atoms with E-state index in [9.17, 15) is 4.79 Å². The molecule has 0 heterocycles. The van der Waals surface area contributed by atoms with Gasteiger partial charge in [0.05, 0.1) is 0 Å². The topological polar surface area (TPSA) is 17.1 Å². The predicted octanol–water partition coefficient (Wildman–Crippen LogP) is 1.85. The highest BCUT2D eigenvalue weighted by atomic mass is 28.3. The smallest absolute Gasteiger partial charge is 0.132 e. The lowest BCUT2D eigenvalue weighted by Gasteiger charge is -2.11. The summed E-state index contributed by atoms with van der Waals surface area (Å²) < 4.78 is 0. The van der Waals surface area contributed by atoms with E-state index in [1.54, 1.807) is 0 Å². The van der Waals surface area contributed by atoms with Crippen molar-refractivity contribution < 1.29 is 4.79 Å². The highest BCUT2D eigenvalue weighted by molar-refractivity contribution is 6.85. The molecule has 10 heavy (non-hydrogen) atoms. The Morgan fingerprint density at radius 3 is 2.50 bits per heavy atom. The molecule has 0 aromatic carbocycles. The molecule has 0 saturated carbocycles. The largest absolute Gasteiger partial charge is 0.303 e. The summed E-state index contributed by atoms with van der Waals surface area (Å²) in [4.78, 5) is 10.0. The fourth-order valence-corrected chi connectivity index (χ4v) is 2.46. The molecule has 1 nitrogen and oxygen atoms in total. The SMILES string of the molecule is CC#C[Si](C)(C)CCC=O. The van der Waals surface area contributed by atoms with Gasteiger partial charge in [0.15, 0.2) is 0 Å². The molecule has 0 aliphatic carbocycles. The van der Waals surface area contributed by atoms with Gasteiger partial charge >= 0.3 is 0 Å². The van der Waals surface area contributed by atoms with Gasteiger partial charge in [-0.2, -0.15) is 0 Å². The zero-order valence-electron chi connectivity index (χ0n) is 6.90. The maximum atomic E-state index is 10.0. The van der Waals surface area contributed by atoms with Crippen molar-refractivity contribution in [1.82, 2.24) is 0 Å². The van der Waals surface area contributed by atoms with Gasteiger partial charge in [0, 0.05) is 6.42 Å². The van der Waals surface area contributed by atoms with Gasteiger partial charge in [-0.15, -0.1) is 11.5 Å². The van der Waals surface area contributed by atoms with Crippen LogP contribution in [0.15, 0.2) is 0 Å². The van der Waals surface area contributed by atoms with Crippen LogP contribution >= 0.6 is 0 Å². The van der Waals surface area contributed by atoms with E-state index in [1.165, 1.54) is 0 Å². The maximum absolute atomic E-state index is 10.0. The fraction of sp³-hybridized carbons (Fsp3) is 0.625. The number of rotatable bonds is 3. The molecule has 0 saturated heterocycles. The summed E-state index contributed by atoms with van der Waals surface area (Å²) >= 11 is 0. The van der Waals surface area contributed by atoms with E-state index >= 15 is 0 Å². The fourth-order valence-electron chi connectivity index (χ4n) is 0.821. The molecule has 56 valence electrons. The first-order valence-corrected chi connectivity index (χ1v) is 6.70.